The first-order chi connectivity index (χ1) is 20.3. The number of anilines is 1. The van der Waals surface area contributed by atoms with E-state index in [0.717, 1.165) is 16.9 Å². The Hall–Kier alpha value is -4.15. The topological polar surface area (TPSA) is 102 Å². The minimum atomic E-state index is -0.920. The van der Waals surface area contributed by atoms with Crippen LogP contribution in [0.2, 0.25) is 0 Å². The number of ether oxygens (including phenoxy) is 2. The van der Waals surface area contributed by atoms with Gasteiger partial charge in [0.15, 0.2) is 4.34 Å². The Labute approximate surface area is 252 Å². The summed E-state index contributed by atoms with van der Waals surface area (Å²) in [6, 6.07) is 19.9. The predicted octanol–water partition coefficient (Wildman–Crippen LogP) is 6.49. The molecule has 214 valence electrons. The van der Waals surface area contributed by atoms with E-state index in [1.165, 1.54) is 33.6 Å². The number of aliphatic hydroxyl groups is 1. The normalized spacial score (nSPS) is 19.2. The van der Waals surface area contributed by atoms with Crippen molar-refractivity contribution in [1.82, 2.24) is 10.2 Å². The van der Waals surface area contributed by atoms with Crippen LogP contribution in [0, 0.1) is 6.92 Å². The monoisotopic (exact) mass is 599 g/mol. The third kappa shape index (κ3) is 5.39. The lowest BCUT2D eigenvalue weighted by molar-refractivity contribution is -0.132. The third-order valence-electron chi connectivity index (χ3n) is 7.18. The molecule has 2 atom stereocenters. The first-order valence-electron chi connectivity index (χ1n) is 13.7. The maximum Gasteiger partial charge on any atom is 0.301 e. The molecule has 2 unspecified atom stereocenters. The predicted molar refractivity (Wildman–Crippen MR) is 163 cm³/mol. The van der Waals surface area contributed by atoms with Crippen molar-refractivity contribution in [1.29, 1.82) is 0 Å². The van der Waals surface area contributed by atoms with Gasteiger partial charge in [-0.25, -0.2) is 0 Å². The van der Waals surface area contributed by atoms with E-state index >= 15 is 0 Å². The Morgan fingerprint density at radius 2 is 1.93 bits per heavy atom. The number of carbonyl (C=O) groups is 2. The van der Waals surface area contributed by atoms with Crippen LogP contribution < -0.4 is 14.4 Å². The van der Waals surface area contributed by atoms with Crippen LogP contribution in [0.25, 0.3) is 5.76 Å². The second kappa shape index (κ2) is 11.6. The lowest BCUT2D eigenvalue weighted by atomic mass is 9.94. The van der Waals surface area contributed by atoms with E-state index in [2.05, 4.69) is 34.5 Å². The smallest absolute Gasteiger partial charge is 0.301 e. The van der Waals surface area contributed by atoms with Gasteiger partial charge in [0.2, 0.25) is 5.13 Å². The fourth-order valence-corrected chi connectivity index (χ4v) is 7.02. The van der Waals surface area contributed by atoms with Crippen LogP contribution in [-0.2, 0) is 21.8 Å². The van der Waals surface area contributed by atoms with Gasteiger partial charge in [0.1, 0.15) is 23.4 Å². The number of aliphatic hydroxyl groups excluding tert-OH is 1. The lowest BCUT2D eigenvalue weighted by Gasteiger charge is -2.23. The number of fused-ring (bicyclic) bond motifs is 1. The quantitative estimate of drug-likeness (QED) is 0.0807. The van der Waals surface area contributed by atoms with E-state index in [1.807, 2.05) is 39.0 Å². The number of Topliss-reactive ketones (excluding diaryl/α,β-unsaturated/α-hetero) is 1. The summed E-state index contributed by atoms with van der Waals surface area (Å²) in [5.41, 5.74) is 4.32. The van der Waals surface area contributed by atoms with Gasteiger partial charge in [0.25, 0.3) is 5.78 Å². The van der Waals surface area contributed by atoms with Gasteiger partial charge in [-0.1, -0.05) is 65.1 Å². The Morgan fingerprint density at radius 3 is 2.71 bits per heavy atom. The summed E-state index contributed by atoms with van der Waals surface area (Å²) in [7, 11) is 0. The molecule has 0 bridgehead atoms. The number of rotatable bonds is 8. The van der Waals surface area contributed by atoms with Crippen LogP contribution in [0.1, 0.15) is 47.7 Å². The molecule has 2 aliphatic heterocycles. The van der Waals surface area contributed by atoms with E-state index in [-0.39, 0.29) is 22.6 Å². The molecule has 6 rings (SSSR count). The van der Waals surface area contributed by atoms with Crippen molar-refractivity contribution < 1.29 is 24.2 Å². The highest BCUT2D eigenvalue weighted by atomic mass is 32.2. The van der Waals surface area contributed by atoms with Crippen LogP contribution in [0.5, 0.6) is 11.5 Å². The van der Waals surface area contributed by atoms with Crippen LogP contribution in [0.3, 0.4) is 0 Å². The fraction of sp³-hybridized carbons (Fsp3) is 0.250. The van der Waals surface area contributed by atoms with E-state index < -0.39 is 17.7 Å². The summed E-state index contributed by atoms with van der Waals surface area (Å²) in [4.78, 5) is 28.6. The molecule has 8 nitrogen and oxygen atoms in total. The zero-order valence-electron chi connectivity index (χ0n) is 23.4. The highest BCUT2D eigenvalue weighted by Gasteiger charge is 2.48. The molecule has 2 aliphatic rings. The number of nitrogens with zero attached hydrogens (tertiary/aromatic N) is 3. The van der Waals surface area contributed by atoms with Crippen molar-refractivity contribution in [2.24, 2.45) is 0 Å². The summed E-state index contributed by atoms with van der Waals surface area (Å²) in [6.45, 7) is 6.36. The zero-order chi connectivity index (χ0) is 29.4. The number of benzene rings is 3. The molecule has 42 heavy (non-hydrogen) atoms. The van der Waals surface area contributed by atoms with Crippen LogP contribution >= 0.6 is 23.1 Å². The van der Waals surface area contributed by atoms with Gasteiger partial charge >= 0.3 is 5.91 Å². The number of ketones is 1. The molecule has 0 saturated carbocycles. The number of thioether (sulfide) groups is 1. The summed E-state index contributed by atoms with van der Waals surface area (Å²) in [6.07, 6.45) is 0.720. The minimum absolute atomic E-state index is 0.00961. The van der Waals surface area contributed by atoms with Crippen LogP contribution in [0.15, 0.2) is 76.6 Å². The van der Waals surface area contributed by atoms with Crippen molar-refractivity contribution in [2.75, 3.05) is 11.5 Å². The molecule has 10 heteroatoms. The Morgan fingerprint density at radius 1 is 1.12 bits per heavy atom. The average Bonchev–Trinajstić information content (AvgIpc) is 3.67. The second-order valence-electron chi connectivity index (χ2n) is 10.3. The molecule has 1 saturated heterocycles. The van der Waals surface area contributed by atoms with Crippen molar-refractivity contribution in [2.45, 2.75) is 49.4 Å². The molecule has 1 N–H and O–H groups in total. The number of aryl methyl sites for hydroxylation is 1. The maximum atomic E-state index is 13.6. The van der Waals surface area contributed by atoms with Crippen molar-refractivity contribution in [3.05, 3.63) is 100 Å². The maximum absolute atomic E-state index is 13.6. The Bertz CT molecular complexity index is 1700. The molecule has 0 aliphatic carbocycles. The largest absolute Gasteiger partial charge is 0.507 e. The molecule has 1 amide bonds. The first-order valence-corrected chi connectivity index (χ1v) is 15.5. The SMILES string of the molecule is CCOc1cccc(C2/C(=C(/O)c3ccc4c(c3)CC(C)O4)C(=O)C(=O)N2c2nnc(SCc3ccc(C)cc3)s2)c1. The molecule has 0 radical (unpaired) electrons. The van der Waals surface area contributed by atoms with Gasteiger partial charge in [-0.2, -0.15) is 0 Å². The van der Waals surface area contributed by atoms with Crippen LogP contribution in [0.4, 0.5) is 5.13 Å². The summed E-state index contributed by atoms with van der Waals surface area (Å²) in [5, 5.41) is 20.5. The first kappa shape index (κ1) is 28.0. The zero-order valence-corrected chi connectivity index (χ0v) is 25.0. The van der Waals surface area contributed by atoms with E-state index in [9.17, 15) is 14.7 Å². The Balaban J connectivity index is 1.39. The third-order valence-corrected chi connectivity index (χ3v) is 9.31. The molecule has 1 aromatic heterocycles. The van der Waals surface area contributed by atoms with Gasteiger partial charge in [0, 0.05) is 17.7 Å². The van der Waals surface area contributed by atoms with Gasteiger partial charge < -0.3 is 14.6 Å². The lowest BCUT2D eigenvalue weighted by Crippen LogP contribution is -2.29. The molecule has 0 spiro atoms. The summed E-state index contributed by atoms with van der Waals surface area (Å²) >= 11 is 2.75. The van der Waals surface area contributed by atoms with E-state index in [4.69, 9.17) is 9.47 Å². The van der Waals surface area contributed by atoms with Gasteiger partial charge in [-0.3, -0.25) is 14.5 Å². The molecular weight excluding hydrogens is 571 g/mol. The van der Waals surface area contributed by atoms with Gasteiger partial charge in [-0.15, -0.1) is 10.2 Å². The summed E-state index contributed by atoms with van der Waals surface area (Å²) < 4.78 is 12.2. The number of amides is 1. The summed E-state index contributed by atoms with van der Waals surface area (Å²) in [5.74, 6) is 0.236. The number of aromatic nitrogens is 2. The van der Waals surface area contributed by atoms with E-state index in [0.29, 0.717) is 40.0 Å². The van der Waals surface area contributed by atoms with Crippen molar-refractivity contribution in [3.63, 3.8) is 0 Å². The second-order valence-corrected chi connectivity index (χ2v) is 12.4. The highest BCUT2D eigenvalue weighted by Crippen LogP contribution is 2.45. The number of hydrogen-bond donors (Lipinski definition) is 1. The average molecular weight is 600 g/mol. The van der Waals surface area contributed by atoms with E-state index in [1.54, 1.807) is 24.3 Å². The molecule has 3 aromatic carbocycles. The Kier molecular flexibility index (Phi) is 7.74. The van der Waals surface area contributed by atoms with Crippen molar-refractivity contribution in [3.8, 4) is 11.5 Å². The fourth-order valence-electron chi connectivity index (χ4n) is 5.20. The highest BCUT2D eigenvalue weighted by molar-refractivity contribution is 8.00. The minimum Gasteiger partial charge on any atom is -0.507 e. The van der Waals surface area contributed by atoms with Gasteiger partial charge in [0.05, 0.1) is 18.2 Å². The number of carbonyl (C=O) groups excluding carboxylic acids is 2. The van der Waals surface area contributed by atoms with Crippen molar-refractivity contribution >= 4 is 45.7 Å². The molecule has 3 heterocycles. The molecule has 4 aromatic rings. The van der Waals surface area contributed by atoms with Gasteiger partial charge in [-0.05, 0) is 67.8 Å². The van der Waals surface area contributed by atoms with Crippen LogP contribution in [-0.4, -0.2) is 39.7 Å². The number of hydrogen-bond acceptors (Lipinski definition) is 9. The molecular formula is C32H29N3O5S2. The molecule has 1 fully saturated rings. The standard InChI is InChI=1S/C32H29N3O5S2/c1-4-39-24-7-5-6-21(16-24)27-26(28(36)22-12-13-25-23(15-22)14-19(3)40-25)29(37)30(38)35(27)31-33-34-32(42-31)41-17-20-10-8-18(2)9-11-20/h5-13,15-16,19,27,36H,4,14,17H2,1-3H3/b28-26-.